The molecule has 1 aromatic heterocycles. The minimum Gasteiger partial charge on any atom is -0.399 e. The Labute approximate surface area is 359 Å². The van der Waals surface area contributed by atoms with Gasteiger partial charge in [-0.1, -0.05) is 44.2 Å². The highest BCUT2D eigenvalue weighted by Crippen LogP contribution is 2.43. The zero-order chi connectivity index (χ0) is 44.6. The summed E-state index contributed by atoms with van der Waals surface area (Å²) in [5.41, 5.74) is 6.17. The summed E-state index contributed by atoms with van der Waals surface area (Å²) < 4.78 is 63.2. The van der Waals surface area contributed by atoms with Gasteiger partial charge in [-0.25, -0.2) is 18.2 Å². The maximum absolute atomic E-state index is 15.2. The predicted octanol–water partition coefficient (Wildman–Crippen LogP) is 3.22. The van der Waals surface area contributed by atoms with Crippen molar-refractivity contribution in [2.75, 3.05) is 78.9 Å². The lowest BCUT2D eigenvalue weighted by molar-refractivity contribution is -0.138. The molecule has 3 aromatic rings. The number of imide groups is 1. The number of nitrogens with one attached hydrogen (secondary N) is 3. The molecule has 5 N–H and O–H groups in total. The zero-order valence-electron chi connectivity index (χ0n) is 35.4. The van der Waals surface area contributed by atoms with E-state index >= 15 is 8.78 Å². The average Bonchev–Trinajstić information content (AvgIpc) is 3.93. The molecule has 3 unspecified atom stereocenters. The highest BCUT2D eigenvalue weighted by molar-refractivity contribution is 6.13. The van der Waals surface area contributed by atoms with Crippen LogP contribution in [0.5, 0.6) is 0 Å². The lowest BCUT2D eigenvalue weighted by atomic mass is 9.78. The molecule has 2 aromatic carbocycles. The number of alkyl halides is 1. The first-order chi connectivity index (χ1) is 29.7. The van der Waals surface area contributed by atoms with Crippen molar-refractivity contribution in [3.8, 4) is 11.3 Å². The number of rotatable bonds is 25. The van der Waals surface area contributed by atoms with Gasteiger partial charge in [-0.15, -0.1) is 0 Å². The quantitative estimate of drug-likeness (QED) is 0.0726. The number of ether oxygens (including phenoxy) is 3. The van der Waals surface area contributed by atoms with Gasteiger partial charge >= 0.3 is 0 Å². The SMILES string of the molecule is CC(=O)N(CC1CNCC1F)C(c1nc(-c2cc(F)ccc2F)cn1Cc1ccccc1)C(C)(C)CC(=O)NCCOCCOCCOCCN/C=C(\N)CN1C(=O)C=CC1=O. The number of hydrogen-bond acceptors (Lipinski definition) is 11. The highest BCUT2D eigenvalue weighted by atomic mass is 19.1. The normalized spacial score (nSPS) is 17.2. The van der Waals surface area contributed by atoms with Gasteiger partial charge in [-0.3, -0.25) is 24.1 Å². The summed E-state index contributed by atoms with van der Waals surface area (Å²) >= 11 is 0. The van der Waals surface area contributed by atoms with E-state index in [1.165, 1.54) is 25.3 Å². The zero-order valence-corrected chi connectivity index (χ0v) is 35.4. The van der Waals surface area contributed by atoms with E-state index < -0.39 is 47.0 Å². The molecule has 1 saturated heterocycles. The third kappa shape index (κ3) is 13.7. The van der Waals surface area contributed by atoms with Gasteiger partial charge in [0, 0.05) is 99.8 Å². The maximum atomic E-state index is 15.2. The Morgan fingerprint density at radius 3 is 2.29 bits per heavy atom. The second-order valence-corrected chi connectivity index (χ2v) is 15.9. The smallest absolute Gasteiger partial charge is 0.253 e. The van der Waals surface area contributed by atoms with Crippen molar-refractivity contribution < 1.29 is 46.6 Å². The number of halogens is 3. The summed E-state index contributed by atoms with van der Waals surface area (Å²) in [4.78, 5) is 57.9. The van der Waals surface area contributed by atoms with Gasteiger partial charge in [0.25, 0.3) is 11.8 Å². The first-order valence-corrected chi connectivity index (χ1v) is 20.6. The molecule has 4 amide bonds. The fraction of sp³-hybridized carbons (Fsp3) is 0.477. The molecule has 2 aliphatic rings. The maximum Gasteiger partial charge on any atom is 0.253 e. The van der Waals surface area contributed by atoms with E-state index in [1.54, 1.807) is 15.7 Å². The van der Waals surface area contributed by atoms with Crippen LogP contribution in [0.2, 0.25) is 0 Å². The Bertz CT molecular complexity index is 2030. The molecule has 15 nitrogen and oxygen atoms in total. The van der Waals surface area contributed by atoms with Crippen LogP contribution in [0.15, 0.2) is 78.8 Å². The Hall–Kier alpha value is -5.56. The monoisotopic (exact) mass is 866 g/mol. The number of carbonyl (C=O) groups is 4. The second-order valence-electron chi connectivity index (χ2n) is 15.9. The third-order valence-electron chi connectivity index (χ3n) is 10.4. The van der Waals surface area contributed by atoms with Gasteiger partial charge in [0.05, 0.1) is 57.9 Å². The molecule has 336 valence electrons. The number of imidazole rings is 1. The number of amides is 4. The Kier molecular flexibility index (Phi) is 17.7. The summed E-state index contributed by atoms with van der Waals surface area (Å²) in [5.74, 6) is -2.96. The molecule has 3 atom stereocenters. The number of benzene rings is 2. The lowest BCUT2D eigenvalue weighted by Gasteiger charge is -2.42. The molecule has 0 bridgehead atoms. The van der Waals surface area contributed by atoms with Crippen LogP contribution >= 0.6 is 0 Å². The van der Waals surface area contributed by atoms with Crippen LogP contribution in [0.25, 0.3) is 11.3 Å². The van der Waals surface area contributed by atoms with Crippen LogP contribution in [0.1, 0.15) is 44.6 Å². The van der Waals surface area contributed by atoms with E-state index in [9.17, 15) is 23.6 Å². The number of aromatic nitrogens is 2. The molecule has 0 saturated carbocycles. The number of carbonyl (C=O) groups excluding carboxylic acids is 4. The van der Waals surface area contributed by atoms with Crippen molar-refractivity contribution in [3.63, 3.8) is 0 Å². The van der Waals surface area contributed by atoms with Crippen molar-refractivity contribution >= 4 is 23.6 Å². The summed E-state index contributed by atoms with van der Waals surface area (Å²) in [6.07, 6.45) is 4.29. The molecule has 62 heavy (non-hydrogen) atoms. The minimum absolute atomic E-state index is 0.000637. The topological polar surface area (TPSA) is 182 Å². The van der Waals surface area contributed by atoms with E-state index in [1.807, 2.05) is 44.2 Å². The lowest BCUT2D eigenvalue weighted by Crippen LogP contribution is -2.47. The first kappa shape index (κ1) is 47.5. The second kappa shape index (κ2) is 23.0. The average molecular weight is 867 g/mol. The Morgan fingerprint density at radius 1 is 0.984 bits per heavy atom. The van der Waals surface area contributed by atoms with Crippen molar-refractivity contribution in [1.82, 2.24) is 35.3 Å². The van der Waals surface area contributed by atoms with Gasteiger partial charge in [0.15, 0.2) is 0 Å². The molecule has 18 heteroatoms. The van der Waals surface area contributed by atoms with E-state index in [-0.39, 0.29) is 75.4 Å². The third-order valence-corrected chi connectivity index (χ3v) is 10.4. The first-order valence-electron chi connectivity index (χ1n) is 20.6. The van der Waals surface area contributed by atoms with Crippen LogP contribution < -0.4 is 21.7 Å². The number of nitrogens with zero attached hydrogens (tertiary/aromatic N) is 4. The minimum atomic E-state index is -1.19. The fourth-order valence-corrected chi connectivity index (χ4v) is 7.37. The standard InChI is InChI=1S/C44H57F3N8O7/c1-30(56)54(27-32-23-50-25-37(32)47)42(43-52-38(35-21-33(45)9-10-36(35)46)29-53(43)26-31-7-5-4-6-8-31)44(2,3)22-39(57)51-14-16-61-18-20-62-19-17-60-15-13-49-24-34(48)28-55-40(58)11-12-41(55)59/h4-12,21,24,29,32,37,42,49-50H,13-20,22-23,25-28,48H2,1-3H3,(H,51,57)/b34-24-. The summed E-state index contributed by atoms with van der Waals surface area (Å²) in [6.45, 7) is 8.41. The van der Waals surface area contributed by atoms with E-state index in [0.717, 1.165) is 28.7 Å². The predicted molar refractivity (Wildman–Crippen MR) is 225 cm³/mol. The Balaban J connectivity index is 1.13. The van der Waals surface area contributed by atoms with Crippen LogP contribution in [-0.2, 0) is 39.9 Å². The van der Waals surface area contributed by atoms with Crippen molar-refractivity contribution in [1.29, 1.82) is 0 Å². The fourth-order valence-electron chi connectivity index (χ4n) is 7.37. The molecular weight excluding hydrogens is 810 g/mol. The Morgan fingerprint density at radius 2 is 1.65 bits per heavy atom. The summed E-state index contributed by atoms with van der Waals surface area (Å²) in [6, 6.07) is 11.7. The molecule has 3 heterocycles. The van der Waals surface area contributed by atoms with Crippen molar-refractivity contribution in [3.05, 3.63) is 102 Å². The number of hydrogen-bond donors (Lipinski definition) is 4. The van der Waals surface area contributed by atoms with Crippen LogP contribution in [0.3, 0.4) is 0 Å². The van der Waals surface area contributed by atoms with Gasteiger partial charge in [0.2, 0.25) is 11.8 Å². The van der Waals surface area contributed by atoms with Crippen LogP contribution in [0, 0.1) is 23.0 Å². The largest absolute Gasteiger partial charge is 0.399 e. The number of nitrogens with two attached hydrogens (primary N) is 1. The molecule has 0 radical (unpaired) electrons. The summed E-state index contributed by atoms with van der Waals surface area (Å²) in [7, 11) is 0. The van der Waals surface area contributed by atoms with Gasteiger partial charge in [-0.05, 0) is 23.8 Å². The molecule has 0 spiro atoms. The van der Waals surface area contributed by atoms with Crippen LogP contribution in [0.4, 0.5) is 13.2 Å². The highest BCUT2D eigenvalue weighted by Gasteiger charge is 2.43. The van der Waals surface area contributed by atoms with E-state index in [2.05, 4.69) is 16.0 Å². The van der Waals surface area contributed by atoms with Gasteiger partial charge in [-0.2, -0.15) is 0 Å². The van der Waals surface area contributed by atoms with Crippen molar-refractivity contribution in [2.45, 2.75) is 46.0 Å². The summed E-state index contributed by atoms with van der Waals surface area (Å²) in [5, 5.41) is 8.90. The van der Waals surface area contributed by atoms with E-state index in [4.69, 9.17) is 24.9 Å². The molecule has 1 fully saturated rings. The van der Waals surface area contributed by atoms with Crippen molar-refractivity contribution in [2.24, 2.45) is 17.1 Å². The molecule has 2 aliphatic heterocycles. The van der Waals surface area contributed by atoms with E-state index in [0.29, 0.717) is 51.0 Å². The van der Waals surface area contributed by atoms with Gasteiger partial charge < -0.3 is 45.4 Å². The van der Waals surface area contributed by atoms with Crippen LogP contribution in [-0.4, -0.2) is 128 Å². The molecule has 5 rings (SSSR count). The molecular formula is C44H57F3N8O7. The van der Waals surface area contributed by atoms with Gasteiger partial charge in [0.1, 0.15) is 23.6 Å². The molecule has 0 aliphatic carbocycles.